The van der Waals surface area contributed by atoms with Gasteiger partial charge >= 0.3 is 0 Å². The normalized spacial score (nSPS) is 40.2. The molecule has 1 aliphatic heterocycles. The summed E-state index contributed by atoms with van der Waals surface area (Å²) in [5, 5.41) is 3.58. The van der Waals surface area contributed by atoms with Gasteiger partial charge in [-0.2, -0.15) is 0 Å². The molecular formula is C13H22N2O. The van der Waals surface area contributed by atoms with Crippen LogP contribution in [0, 0.1) is 5.92 Å². The van der Waals surface area contributed by atoms with Crippen LogP contribution in [0.5, 0.6) is 0 Å². The van der Waals surface area contributed by atoms with Crippen molar-refractivity contribution in [3.63, 3.8) is 0 Å². The average molecular weight is 222 g/mol. The summed E-state index contributed by atoms with van der Waals surface area (Å²) in [6, 6.07) is 0.534. The topological polar surface area (TPSA) is 32.3 Å². The zero-order chi connectivity index (χ0) is 11.3. The van der Waals surface area contributed by atoms with Crippen LogP contribution in [0.4, 0.5) is 0 Å². The Morgan fingerprint density at radius 3 is 2.62 bits per heavy atom. The third-order valence-electron chi connectivity index (χ3n) is 4.48. The molecule has 1 heterocycles. The Labute approximate surface area is 97.6 Å². The van der Waals surface area contributed by atoms with Gasteiger partial charge in [-0.3, -0.25) is 10.1 Å². The number of nitrogens with one attached hydrogen (secondary N) is 1. The number of hydrogen-bond donors (Lipinski definition) is 1. The van der Waals surface area contributed by atoms with E-state index in [1.165, 1.54) is 12.8 Å². The van der Waals surface area contributed by atoms with Gasteiger partial charge in [-0.15, -0.1) is 0 Å². The molecule has 3 heteroatoms. The second-order valence-electron chi connectivity index (χ2n) is 5.97. The lowest BCUT2D eigenvalue weighted by molar-refractivity contribution is -0.135. The summed E-state index contributed by atoms with van der Waals surface area (Å²) < 4.78 is 0. The van der Waals surface area contributed by atoms with Crippen LogP contribution in [-0.4, -0.2) is 28.6 Å². The molecule has 1 saturated heterocycles. The molecule has 3 fully saturated rings. The third-order valence-corrected chi connectivity index (χ3v) is 4.48. The largest absolute Gasteiger partial charge is 0.323 e. The van der Waals surface area contributed by atoms with Gasteiger partial charge in [0.15, 0.2) is 0 Å². The molecule has 0 aromatic carbocycles. The summed E-state index contributed by atoms with van der Waals surface area (Å²) in [5.74, 6) is 1.22. The van der Waals surface area contributed by atoms with Gasteiger partial charge in [-0.05, 0) is 38.0 Å². The van der Waals surface area contributed by atoms with E-state index in [-0.39, 0.29) is 5.54 Å². The highest BCUT2D eigenvalue weighted by Crippen LogP contribution is 2.46. The van der Waals surface area contributed by atoms with Crippen LogP contribution in [0.25, 0.3) is 0 Å². The number of rotatable bonds is 3. The molecule has 90 valence electrons. The van der Waals surface area contributed by atoms with E-state index < -0.39 is 0 Å². The van der Waals surface area contributed by atoms with Crippen LogP contribution in [0.2, 0.25) is 0 Å². The molecule has 1 unspecified atom stereocenters. The fourth-order valence-corrected chi connectivity index (χ4v) is 3.31. The summed E-state index contributed by atoms with van der Waals surface area (Å²) in [6.45, 7) is 4.48. The Morgan fingerprint density at radius 1 is 1.44 bits per heavy atom. The first-order valence-corrected chi connectivity index (χ1v) is 6.77. The van der Waals surface area contributed by atoms with E-state index in [9.17, 15) is 4.79 Å². The van der Waals surface area contributed by atoms with Crippen molar-refractivity contribution in [1.29, 1.82) is 0 Å². The Bertz CT molecular complexity index is 305. The number of carbonyl (C=O) groups is 1. The van der Waals surface area contributed by atoms with E-state index in [1.54, 1.807) is 0 Å². The van der Waals surface area contributed by atoms with Crippen molar-refractivity contribution in [1.82, 2.24) is 10.2 Å². The average Bonchev–Trinajstić information content (AvgIpc) is 2.91. The number of amides is 1. The summed E-state index contributed by atoms with van der Waals surface area (Å²) in [6.07, 6.45) is 7.14. The SMILES string of the molecule is CCCC1NC2(CC2)C(=O)N1C1CC(C)C1. The molecule has 0 aromatic heterocycles. The monoisotopic (exact) mass is 222 g/mol. The first-order valence-electron chi connectivity index (χ1n) is 6.77. The molecule has 3 nitrogen and oxygen atoms in total. The first-order chi connectivity index (χ1) is 7.66. The van der Waals surface area contributed by atoms with Gasteiger partial charge in [0.25, 0.3) is 0 Å². The van der Waals surface area contributed by atoms with Gasteiger partial charge in [0.2, 0.25) is 5.91 Å². The zero-order valence-electron chi connectivity index (χ0n) is 10.3. The Morgan fingerprint density at radius 2 is 2.12 bits per heavy atom. The molecule has 3 rings (SSSR count). The van der Waals surface area contributed by atoms with Crippen molar-refractivity contribution in [2.45, 2.75) is 70.1 Å². The van der Waals surface area contributed by atoms with Crippen molar-refractivity contribution < 1.29 is 4.79 Å². The molecule has 1 amide bonds. The van der Waals surface area contributed by atoms with Crippen LogP contribution in [0.15, 0.2) is 0 Å². The van der Waals surface area contributed by atoms with Gasteiger partial charge in [0.1, 0.15) is 0 Å². The maximum atomic E-state index is 12.4. The van der Waals surface area contributed by atoms with Gasteiger partial charge in [0, 0.05) is 6.04 Å². The van der Waals surface area contributed by atoms with Gasteiger partial charge in [-0.25, -0.2) is 0 Å². The summed E-state index contributed by atoms with van der Waals surface area (Å²) in [4.78, 5) is 14.6. The van der Waals surface area contributed by atoms with Crippen LogP contribution < -0.4 is 5.32 Å². The standard InChI is InChI=1S/C13H22N2O/c1-3-4-11-14-13(5-6-13)12(16)15(11)10-7-9(2)8-10/h9-11,14H,3-8H2,1-2H3. The fourth-order valence-electron chi connectivity index (χ4n) is 3.31. The van der Waals surface area contributed by atoms with E-state index >= 15 is 0 Å². The number of hydrogen-bond acceptors (Lipinski definition) is 2. The summed E-state index contributed by atoms with van der Waals surface area (Å²) in [5.41, 5.74) is -0.112. The van der Waals surface area contributed by atoms with Crippen molar-refractivity contribution >= 4 is 5.91 Å². The maximum absolute atomic E-state index is 12.4. The zero-order valence-corrected chi connectivity index (χ0v) is 10.3. The van der Waals surface area contributed by atoms with E-state index in [4.69, 9.17) is 0 Å². The highest BCUT2D eigenvalue weighted by molar-refractivity contribution is 5.92. The molecule has 2 aliphatic carbocycles. The predicted octanol–water partition coefficient (Wildman–Crippen LogP) is 1.88. The molecule has 3 aliphatic rings. The smallest absolute Gasteiger partial charge is 0.244 e. The summed E-state index contributed by atoms with van der Waals surface area (Å²) in [7, 11) is 0. The highest BCUT2D eigenvalue weighted by Gasteiger charge is 2.60. The van der Waals surface area contributed by atoms with Crippen molar-refractivity contribution in [2.24, 2.45) is 5.92 Å². The first kappa shape index (κ1) is 10.6. The molecule has 1 spiro atoms. The van der Waals surface area contributed by atoms with Crippen LogP contribution in [-0.2, 0) is 4.79 Å². The second-order valence-corrected chi connectivity index (χ2v) is 5.97. The lowest BCUT2D eigenvalue weighted by Gasteiger charge is -2.42. The molecule has 16 heavy (non-hydrogen) atoms. The molecule has 0 radical (unpaired) electrons. The van der Waals surface area contributed by atoms with Gasteiger partial charge in [-0.1, -0.05) is 20.3 Å². The second kappa shape index (κ2) is 3.46. The van der Waals surface area contributed by atoms with E-state index in [0.717, 1.165) is 31.6 Å². The van der Waals surface area contributed by atoms with Gasteiger partial charge in [0.05, 0.1) is 11.7 Å². The lowest BCUT2D eigenvalue weighted by Crippen LogP contribution is -2.50. The minimum Gasteiger partial charge on any atom is -0.323 e. The van der Waals surface area contributed by atoms with Crippen molar-refractivity contribution in [3.05, 3.63) is 0 Å². The summed E-state index contributed by atoms with van der Waals surface area (Å²) >= 11 is 0. The van der Waals surface area contributed by atoms with Crippen LogP contribution in [0.3, 0.4) is 0 Å². The quantitative estimate of drug-likeness (QED) is 0.790. The molecule has 2 saturated carbocycles. The molecule has 0 bridgehead atoms. The third kappa shape index (κ3) is 1.41. The molecule has 1 atom stereocenters. The number of carbonyl (C=O) groups excluding carboxylic acids is 1. The maximum Gasteiger partial charge on any atom is 0.244 e. The van der Waals surface area contributed by atoms with E-state index in [0.29, 0.717) is 18.1 Å². The van der Waals surface area contributed by atoms with Crippen LogP contribution in [0.1, 0.15) is 52.4 Å². The Kier molecular flexibility index (Phi) is 2.29. The lowest BCUT2D eigenvalue weighted by atomic mass is 9.80. The Balaban J connectivity index is 1.75. The molecule has 0 aromatic rings. The van der Waals surface area contributed by atoms with E-state index in [1.807, 2.05) is 0 Å². The highest BCUT2D eigenvalue weighted by atomic mass is 16.2. The van der Waals surface area contributed by atoms with E-state index in [2.05, 4.69) is 24.1 Å². The molecule has 1 N–H and O–H groups in total. The number of nitrogens with zero attached hydrogens (tertiary/aromatic N) is 1. The fraction of sp³-hybridized carbons (Fsp3) is 0.923. The minimum absolute atomic E-state index is 0.112. The van der Waals surface area contributed by atoms with Crippen LogP contribution >= 0.6 is 0 Å². The minimum atomic E-state index is -0.112. The van der Waals surface area contributed by atoms with Crippen molar-refractivity contribution in [3.8, 4) is 0 Å². The van der Waals surface area contributed by atoms with Crippen molar-refractivity contribution in [2.75, 3.05) is 0 Å². The predicted molar refractivity (Wildman–Crippen MR) is 62.8 cm³/mol. The van der Waals surface area contributed by atoms with Gasteiger partial charge < -0.3 is 4.90 Å². The Hall–Kier alpha value is -0.570. The molecular weight excluding hydrogens is 200 g/mol.